The van der Waals surface area contributed by atoms with Gasteiger partial charge in [0.1, 0.15) is 11.6 Å². The zero-order valence-electron chi connectivity index (χ0n) is 9.36. The van der Waals surface area contributed by atoms with Crippen molar-refractivity contribution in [1.82, 2.24) is 4.98 Å². The largest absolute Gasteiger partial charge is 0.497 e. The molecule has 0 fully saturated rings. The first-order valence-electron chi connectivity index (χ1n) is 4.92. The van der Waals surface area contributed by atoms with Crippen LogP contribution in [0.15, 0.2) is 24.4 Å². The Bertz CT molecular complexity index is 565. The van der Waals surface area contributed by atoms with Crippen LogP contribution in [0.4, 0.5) is 4.39 Å². The summed E-state index contributed by atoms with van der Waals surface area (Å²) >= 11 is 1.25. The van der Waals surface area contributed by atoms with Gasteiger partial charge in [-0.05, 0) is 19.1 Å². The second kappa shape index (κ2) is 4.63. The molecule has 0 spiro atoms. The summed E-state index contributed by atoms with van der Waals surface area (Å²) in [6.07, 6.45) is 1.46. The molecule has 0 aliphatic heterocycles. The van der Waals surface area contributed by atoms with Gasteiger partial charge in [-0.2, -0.15) is 0 Å². The maximum Gasteiger partial charge on any atom is 0.207 e. The van der Waals surface area contributed by atoms with Crippen molar-refractivity contribution >= 4 is 17.1 Å². The third-order valence-corrected chi connectivity index (χ3v) is 3.18. The molecule has 1 aromatic heterocycles. The van der Waals surface area contributed by atoms with E-state index in [4.69, 9.17) is 4.74 Å². The van der Waals surface area contributed by atoms with E-state index in [1.54, 1.807) is 13.0 Å². The van der Waals surface area contributed by atoms with Gasteiger partial charge in [-0.3, -0.25) is 4.79 Å². The van der Waals surface area contributed by atoms with Gasteiger partial charge in [0, 0.05) is 12.3 Å². The highest BCUT2D eigenvalue weighted by atomic mass is 32.1. The zero-order valence-corrected chi connectivity index (χ0v) is 10.2. The Balaban J connectivity index is 2.37. The number of rotatable bonds is 3. The highest BCUT2D eigenvalue weighted by Gasteiger charge is 2.16. The van der Waals surface area contributed by atoms with E-state index in [1.807, 2.05) is 0 Å². The predicted octanol–water partition coefficient (Wildman–Crippen LogP) is 2.83. The Morgan fingerprint density at radius 3 is 2.76 bits per heavy atom. The van der Waals surface area contributed by atoms with Crippen molar-refractivity contribution in [1.29, 1.82) is 0 Å². The number of nitrogens with zero attached hydrogens (tertiary/aromatic N) is 1. The first-order valence-corrected chi connectivity index (χ1v) is 5.74. The van der Waals surface area contributed by atoms with Crippen molar-refractivity contribution < 1.29 is 13.9 Å². The van der Waals surface area contributed by atoms with Gasteiger partial charge in [-0.25, -0.2) is 9.37 Å². The Hall–Kier alpha value is -1.75. The summed E-state index contributed by atoms with van der Waals surface area (Å²) in [5.41, 5.74) is 0.0365. The molecule has 88 valence electrons. The van der Waals surface area contributed by atoms with Gasteiger partial charge in [0.05, 0.1) is 22.6 Å². The average molecular weight is 251 g/mol. The first-order chi connectivity index (χ1) is 8.11. The zero-order chi connectivity index (χ0) is 12.4. The molecule has 2 aromatic rings. The van der Waals surface area contributed by atoms with E-state index in [0.717, 1.165) is 5.01 Å². The number of carbonyl (C=O) groups is 1. The highest BCUT2D eigenvalue weighted by Crippen LogP contribution is 2.21. The SMILES string of the molecule is COc1ccc(C(=O)c2cnc(C)s2)c(F)c1. The monoisotopic (exact) mass is 251 g/mol. The van der Waals surface area contributed by atoms with E-state index in [2.05, 4.69) is 4.98 Å². The minimum atomic E-state index is -0.583. The lowest BCUT2D eigenvalue weighted by Gasteiger charge is -2.03. The van der Waals surface area contributed by atoms with Crippen LogP contribution in [0.3, 0.4) is 0 Å². The molecule has 0 saturated carbocycles. The van der Waals surface area contributed by atoms with Gasteiger partial charge >= 0.3 is 0 Å². The van der Waals surface area contributed by atoms with E-state index in [1.165, 1.54) is 36.8 Å². The van der Waals surface area contributed by atoms with Crippen molar-refractivity contribution in [3.05, 3.63) is 45.7 Å². The molecular formula is C12H10FNO2S. The molecule has 5 heteroatoms. The molecule has 0 aliphatic rings. The van der Waals surface area contributed by atoms with Crippen LogP contribution < -0.4 is 4.74 Å². The van der Waals surface area contributed by atoms with Gasteiger partial charge in [0.15, 0.2) is 0 Å². The molecule has 0 radical (unpaired) electrons. The van der Waals surface area contributed by atoms with Gasteiger partial charge in [0.25, 0.3) is 0 Å². The normalized spacial score (nSPS) is 10.3. The molecule has 1 aromatic carbocycles. The molecule has 0 saturated heterocycles. The second-order valence-corrected chi connectivity index (χ2v) is 4.65. The number of methoxy groups -OCH3 is 1. The van der Waals surface area contributed by atoms with Crippen molar-refractivity contribution in [3.63, 3.8) is 0 Å². The van der Waals surface area contributed by atoms with Crippen molar-refractivity contribution in [2.45, 2.75) is 6.92 Å². The molecule has 2 rings (SSSR count). The maximum atomic E-state index is 13.7. The molecule has 17 heavy (non-hydrogen) atoms. The summed E-state index contributed by atoms with van der Waals surface area (Å²) in [5.74, 6) is -0.546. The molecule has 0 unspecified atom stereocenters. The van der Waals surface area contributed by atoms with Crippen LogP contribution in [0, 0.1) is 12.7 Å². The van der Waals surface area contributed by atoms with E-state index < -0.39 is 5.82 Å². The van der Waals surface area contributed by atoms with Crippen LogP contribution in [0.1, 0.15) is 20.2 Å². The molecular weight excluding hydrogens is 241 g/mol. The smallest absolute Gasteiger partial charge is 0.207 e. The third kappa shape index (κ3) is 2.34. The van der Waals surface area contributed by atoms with Crippen LogP contribution in [0.2, 0.25) is 0 Å². The Kier molecular flexibility index (Phi) is 3.19. The van der Waals surface area contributed by atoms with Crippen LogP contribution in [-0.4, -0.2) is 17.9 Å². The van der Waals surface area contributed by atoms with E-state index >= 15 is 0 Å². The number of halogens is 1. The minimum Gasteiger partial charge on any atom is -0.497 e. The summed E-state index contributed by atoms with van der Waals surface area (Å²) in [6.45, 7) is 1.80. The number of hydrogen-bond donors (Lipinski definition) is 0. The minimum absolute atomic E-state index is 0.0365. The molecule has 0 bridgehead atoms. The average Bonchev–Trinajstić information content (AvgIpc) is 2.75. The second-order valence-electron chi connectivity index (χ2n) is 3.42. The third-order valence-electron chi connectivity index (χ3n) is 2.27. The summed E-state index contributed by atoms with van der Waals surface area (Å²) in [6, 6.07) is 4.18. The van der Waals surface area contributed by atoms with E-state index in [-0.39, 0.29) is 11.3 Å². The predicted molar refractivity (Wildman–Crippen MR) is 63.2 cm³/mol. The van der Waals surface area contributed by atoms with Crippen molar-refractivity contribution in [2.75, 3.05) is 7.11 Å². The number of thiazole rings is 1. The number of hydrogen-bond acceptors (Lipinski definition) is 4. The summed E-state index contributed by atoms with van der Waals surface area (Å²) in [4.78, 5) is 16.4. The lowest BCUT2D eigenvalue weighted by molar-refractivity contribution is 0.103. The number of ether oxygens (including phenoxy) is 1. The molecule has 0 aliphatic carbocycles. The number of benzene rings is 1. The molecule has 0 atom stereocenters. The van der Waals surface area contributed by atoms with Crippen LogP contribution in [0.5, 0.6) is 5.75 Å². The van der Waals surface area contributed by atoms with E-state index in [0.29, 0.717) is 10.6 Å². The topological polar surface area (TPSA) is 39.2 Å². The van der Waals surface area contributed by atoms with Gasteiger partial charge < -0.3 is 4.74 Å². The Morgan fingerprint density at radius 1 is 1.47 bits per heavy atom. The van der Waals surface area contributed by atoms with E-state index in [9.17, 15) is 9.18 Å². The number of aryl methyl sites for hydroxylation is 1. The first kappa shape index (κ1) is 11.7. The Labute approximate surface area is 102 Å². The number of ketones is 1. The fourth-order valence-electron chi connectivity index (χ4n) is 1.41. The van der Waals surface area contributed by atoms with Crippen molar-refractivity contribution in [2.24, 2.45) is 0 Å². The molecule has 0 N–H and O–H groups in total. The van der Waals surface area contributed by atoms with Gasteiger partial charge in [-0.1, -0.05) is 0 Å². The fourth-order valence-corrected chi connectivity index (χ4v) is 2.14. The summed E-state index contributed by atoms with van der Waals surface area (Å²) in [7, 11) is 1.45. The van der Waals surface area contributed by atoms with Crippen LogP contribution >= 0.6 is 11.3 Å². The molecule has 3 nitrogen and oxygen atoms in total. The number of carbonyl (C=O) groups excluding carboxylic acids is 1. The van der Waals surface area contributed by atoms with Crippen LogP contribution in [-0.2, 0) is 0 Å². The molecule has 0 amide bonds. The van der Waals surface area contributed by atoms with Gasteiger partial charge in [0.2, 0.25) is 5.78 Å². The van der Waals surface area contributed by atoms with Gasteiger partial charge in [-0.15, -0.1) is 11.3 Å². The fraction of sp³-hybridized carbons (Fsp3) is 0.167. The lowest BCUT2D eigenvalue weighted by Crippen LogP contribution is -2.02. The lowest BCUT2D eigenvalue weighted by atomic mass is 10.1. The standard InChI is InChI=1S/C12H10FNO2S/c1-7-14-6-11(17-7)12(15)9-4-3-8(16-2)5-10(9)13/h3-6H,1-2H3. The van der Waals surface area contributed by atoms with Crippen LogP contribution in [0.25, 0.3) is 0 Å². The maximum absolute atomic E-state index is 13.7. The van der Waals surface area contributed by atoms with Crippen molar-refractivity contribution in [3.8, 4) is 5.75 Å². The summed E-state index contributed by atoms with van der Waals surface area (Å²) in [5, 5.41) is 0.780. The summed E-state index contributed by atoms with van der Waals surface area (Å²) < 4.78 is 18.5. The molecule has 1 heterocycles. The quantitative estimate of drug-likeness (QED) is 0.787. The highest BCUT2D eigenvalue weighted by molar-refractivity contribution is 7.13. The Morgan fingerprint density at radius 2 is 2.24 bits per heavy atom. The number of aromatic nitrogens is 1.